The van der Waals surface area contributed by atoms with Crippen molar-refractivity contribution in [1.29, 1.82) is 0 Å². The molecule has 0 aliphatic rings. The number of phenolic OH excluding ortho intramolecular Hbond substituents is 1. The number of aryl methyl sites for hydroxylation is 1. The standard InChI is InChI=1S/C30H23N5O8S2.2Na/c1-18-15-23(33-32-21-7-11-24(12-8-21)44(38,39)40)10-14-26(18)34-35-28-27(45(41,42)43)17-20-16-22(9-13-25(20)29(28)36)31-30(37)19-5-3-2-4-6-19;;/h2-17,36H,1H3,(H,31,37)(H,38,39,40)(H,41,42,43);;. The van der Waals surface area contributed by atoms with Crippen LogP contribution >= 0.6 is 0 Å². The predicted molar refractivity (Wildman–Crippen MR) is 177 cm³/mol. The van der Waals surface area contributed by atoms with Crippen LogP contribution in [-0.2, 0) is 20.2 Å². The van der Waals surface area contributed by atoms with Crippen molar-refractivity contribution in [1.82, 2.24) is 0 Å². The molecule has 5 aromatic rings. The quantitative estimate of drug-likeness (QED) is 0.0783. The Morgan fingerprint density at radius 2 is 1.34 bits per heavy atom. The second kappa shape index (κ2) is 15.7. The van der Waals surface area contributed by atoms with E-state index in [0.29, 0.717) is 33.9 Å². The molecule has 0 saturated carbocycles. The first kappa shape index (κ1) is 38.1. The molecule has 0 aliphatic carbocycles. The predicted octanol–water partition coefficient (Wildman–Crippen LogP) is 6.67. The molecule has 4 N–H and O–H groups in total. The number of aromatic hydroxyl groups is 1. The van der Waals surface area contributed by atoms with Crippen molar-refractivity contribution in [2.45, 2.75) is 16.7 Å². The minimum atomic E-state index is -4.87. The van der Waals surface area contributed by atoms with Gasteiger partial charge in [-0.05, 0) is 96.7 Å². The van der Waals surface area contributed by atoms with Gasteiger partial charge in [0.2, 0.25) is 0 Å². The van der Waals surface area contributed by atoms with Crippen LogP contribution in [0.25, 0.3) is 10.8 Å². The zero-order valence-electron chi connectivity index (χ0n) is 25.2. The van der Waals surface area contributed by atoms with E-state index in [2.05, 4.69) is 25.8 Å². The van der Waals surface area contributed by atoms with Crippen molar-refractivity contribution in [3.05, 3.63) is 108 Å². The van der Waals surface area contributed by atoms with Crippen molar-refractivity contribution in [2.75, 3.05) is 5.32 Å². The fourth-order valence-corrected chi connectivity index (χ4v) is 5.37. The topological polar surface area (TPSA) is 208 Å². The van der Waals surface area contributed by atoms with Crippen LogP contribution in [0, 0.1) is 6.92 Å². The Kier molecular flexibility index (Phi) is 12.7. The number of amides is 1. The Morgan fingerprint density at radius 1 is 0.702 bits per heavy atom. The molecular weight excluding hydrogens is 668 g/mol. The number of rotatable bonds is 8. The molecule has 1 amide bonds. The van der Waals surface area contributed by atoms with Gasteiger partial charge in [-0.3, -0.25) is 13.9 Å². The molecule has 0 bridgehead atoms. The van der Waals surface area contributed by atoms with E-state index in [0.717, 1.165) is 6.07 Å². The summed E-state index contributed by atoms with van der Waals surface area (Å²) in [5.41, 5.74) is 1.86. The Hall–Kier alpha value is -3.35. The van der Waals surface area contributed by atoms with E-state index in [1.54, 1.807) is 49.4 Å². The molecule has 0 aliphatic heterocycles. The molecule has 0 aromatic heterocycles. The van der Waals surface area contributed by atoms with Gasteiger partial charge in [0.15, 0.2) is 5.75 Å². The fourth-order valence-electron chi connectivity index (χ4n) is 4.23. The van der Waals surface area contributed by atoms with E-state index in [9.17, 15) is 31.3 Å². The van der Waals surface area contributed by atoms with Crippen LogP contribution < -0.4 is 5.32 Å². The second-order valence-electron chi connectivity index (χ2n) is 9.64. The van der Waals surface area contributed by atoms with E-state index in [-0.39, 0.29) is 74.8 Å². The number of carbonyl (C=O) groups is 1. The molecule has 0 atom stereocenters. The van der Waals surface area contributed by atoms with E-state index < -0.39 is 42.5 Å². The van der Waals surface area contributed by atoms with E-state index in [1.807, 2.05) is 0 Å². The molecule has 230 valence electrons. The van der Waals surface area contributed by atoms with Crippen LogP contribution in [0.15, 0.2) is 127 Å². The van der Waals surface area contributed by atoms with Gasteiger partial charge in [-0.1, -0.05) is 18.2 Å². The number of nitrogens with zero attached hydrogens (tertiary/aromatic N) is 4. The van der Waals surface area contributed by atoms with Crippen molar-refractivity contribution in [3.8, 4) is 5.75 Å². The maximum absolute atomic E-state index is 12.5. The number of fused-ring (bicyclic) bond motifs is 1. The number of azo groups is 2. The number of phenols is 1. The number of anilines is 1. The van der Waals surface area contributed by atoms with Crippen molar-refractivity contribution in [3.63, 3.8) is 0 Å². The van der Waals surface area contributed by atoms with Crippen LogP contribution in [-0.4, -0.2) is 96.1 Å². The van der Waals surface area contributed by atoms with Crippen LogP contribution in [0.3, 0.4) is 0 Å². The summed E-state index contributed by atoms with van der Waals surface area (Å²) < 4.78 is 66.0. The van der Waals surface area contributed by atoms with Gasteiger partial charge in [0, 0.05) is 75.8 Å². The third-order valence-electron chi connectivity index (χ3n) is 6.48. The van der Waals surface area contributed by atoms with Gasteiger partial charge in [-0.2, -0.15) is 32.2 Å². The SMILES string of the molecule is Cc1cc(N=Nc2ccc(S(=O)(=O)O)cc2)ccc1N=Nc1c(S(=O)(=O)O)cc2cc(NC(=O)c3ccccc3)ccc2c1O.[Na].[Na]. The first-order chi connectivity index (χ1) is 21.3. The van der Waals surface area contributed by atoms with Gasteiger partial charge in [0.1, 0.15) is 10.6 Å². The van der Waals surface area contributed by atoms with Crippen molar-refractivity contribution >= 4 is 124 Å². The molecule has 5 aromatic carbocycles. The fraction of sp³-hybridized carbons (Fsp3) is 0.0333. The minimum absolute atomic E-state index is 0. The molecular formula is C30H23N5Na2O8S2. The summed E-state index contributed by atoms with van der Waals surface area (Å²) in [6.45, 7) is 1.68. The average Bonchev–Trinajstić information content (AvgIpc) is 3.00. The molecule has 47 heavy (non-hydrogen) atoms. The number of hydrogen-bond donors (Lipinski definition) is 4. The van der Waals surface area contributed by atoms with Crippen LogP contribution in [0.4, 0.5) is 28.4 Å². The average molecular weight is 692 g/mol. The molecule has 0 spiro atoms. The Bertz CT molecular complexity index is 2230. The number of hydrogen-bond acceptors (Lipinski definition) is 10. The molecule has 0 unspecified atom stereocenters. The van der Waals surface area contributed by atoms with Gasteiger partial charge in [-0.25, -0.2) is 0 Å². The first-order valence-corrected chi connectivity index (χ1v) is 15.8. The van der Waals surface area contributed by atoms with Gasteiger partial charge < -0.3 is 10.4 Å². The summed E-state index contributed by atoms with van der Waals surface area (Å²) in [5, 5.41) is 30.3. The van der Waals surface area contributed by atoms with Gasteiger partial charge in [0.05, 0.1) is 22.0 Å². The van der Waals surface area contributed by atoms with Crippen LogP contribution in [0.5, 0.6) is 5.75 Å². The summed E-state index contributed by atoms with van der Waals surface area (Å²) in [6, 6.07) is 23.8. The van der Waals surface area contributed by atoms with E-state index in [4.69, 9.17) is 4.55 Å². The van der Waals surface area contributed by atoms with E-state index in [1.165, 1.54) is 48.5 Å². The number of benzene rings is 5. The van der Waals surface area contributed by atoms with Crippen molar-refractivity contribution in [2.24, 2.45) is 20.5 Å². The second-order valence-corrected chi connectivity index (χ2v) is 12.5. The van der Waals surface area contributed by atoms with Crippen molar-refractivity contribution < 1.29 is 35.8 Å². The zero-order valence-corrected chi connectivity index (χ0v) is 30.9. The number of nitrogens with one attached hydrogen (secondary N) is 1. The van der Waals surface area contributed by atoms with Crippen LogP contribution in [0.2, 0.25) is 0 Å². The molecule has 0 fully saturated rings. The molecule has 2 radical (unpaired) electrons. The maximum Gasteiger partial charge on any atom is 0.296 e. The monoisotopic (exact) mass is 691 g/mol. The number of carbonyl (C=O) groups excluding carboxylic acids is 1. The summed E-state index contributed by atoms with van der Waals surface area (Å²) in [7, 11) is -9.20. The molecule has 17 heteroatoms. The van der Waals surface area contributed by atoms with Gasteiger partial charge in [0.25, 0.3) is 26.1 Å². The largest absolute Gasteiger partial charge is 0.505 e. The summed E-state index contributed by atoms with van der Waals surface area (Å²) >= 11 is 0. The van der Waals surface area contributed by atoms with Gasteiger partial charge in [-0.15, -0.1) is 5.11 Å². The Morgan fingerprint density at radius 3 is 1.96 bits per heavy atom. The molecule has 0 saturated heterocycles. The molecule has 13 nitrogen and oxygen atoms in total. The smallest absolute Gasteiger partial charge is 0.296 e. The third-order valence-corrected chi connectivity index (χ3v) is 8.21. The summed E-state index contributed by atoms with van der Waals surface area (Å²) in [5.74, 6) is -0.940. The minimum Gasteiger partial charge on any atom is -0.505 e. The Labute approximate surface area is 313 Å². The summed E-state index contributed by atoms with van der Waals surface area (Å²) in [6.07, 6.45) is 0. The Balaban J connectivity index is 0.00000300. The molecule has 0 heterocycles. The van der Waals surface area contributed by atoms with E-state index >= 15 is 0 Å². The van der Waals surface area contributed by atoms with Gasteiger partial charge >= 0.3 is 0 Å². The molecule has 5 rings (SSSR count). The normalized spacial score (nSPS) is 11.7. The maximum atomic E-state index is 12.5. The first-order valence-electron chi connectivity index (χ1n) is 12.9. The third kappa shape index (κ3) is 9.39. The zero-order chi connectivity index (χ0) is 32.4. The van der Waals surface area contributed by atoms with Crippen LogP contribution in [0.1, 0.15) is 15.9 Å². The summed E-state index contributed by atoms with van der Waals surface area (Å²) in [4.78, 5) is 11.6.